The summed E-state index contributed by atoms with van der Waals surface area (Å²) in [6, 6.07) is -0.679. The van der Waals surface area contributed by atoms with Gasteiger partial charge in [-0.2, -0.15) is 0 Å². The second-order valence-corrected chi connectivity index (χ2v) is 12.7. The van der Waals surface area contributed by atoms with Gasteiger partial charge in [0.25, 0.3) is 0 Å². The van der Waals surface area contributed by atoms with Crippen LogP contribution in [0, 0.1) is 31.6 Å². The molecule has 5 nitrogen and oxygen atoms in total. The summed E-state index contributed by atoms with van der Waals surface area (Å²) in [6.45, 7) is 17.5. The molecule has 4 atom stereocenters. The summed E-state index contributed by atoms with van der Waals surface area (Å²) in [6.07, 6.45) is 13.3. The molecule has 0 radical (unpaired) electrons. The van der Waals surface area contributed by atoms with Gasteiger partial charge in [-0.3, -0.25) is 4.79 Å². The van der Waals surface area contributed by atoms with E-state index in [9.17, 15) is 15.0 Å². The number of hydrogen-bond acceptors (Lipinski definition) is 4. The smallest absolute Gasteiger partial charge is 0.320 e. The third kappa shape index (κ3) is 9.50. The molecule has 1 aliphatic rings. The van der Waals surface area contributed by atoms with Crippen LogP contribution in [0.4, 0.5) is 0 Å². The average molecular weight is 518 g/mol. The first kappa shape index (κ1) is 31.5. The molecular formula is C32H55NO4. The van der Waals surface area contributed by atoms with Gasteiger partial charge in [0.1, 0.15) is 23.1 Å². The van der Waals surface area contributed by atoms with Gasteiger partial charge in [0, 0.05) is 17.7 Å². The van der Waals surface area contributed by atoms with Crippen LogP contribution in [0.15, 0.2) is 0 Å². The zero-order valence-electron chi connectivity index (χ0n) is 25.0. The number of phenolic OH excluding ortho intramolecular Hbond substituents is 1. The number of ether oxygens (including phenoxy) is 1. The van der Waals surface area contributed by atoms with Crippen LogP contribution < -0.4 is 10.1 Å². The van der Waals surface area contributed by atoms with Crippen molar-refractivity contribution in [1.82, 2.24) is 5.32 Å². The molecule has 0 bridgehead atoms. The molecular weight excluding hydrogens is 462 g/mol. The summed E-state index contributed by atoms with van der Waals surface area (Å²) >= 11 is 0. The van der Waals surface area contributed by atoms with Crippen LogP contribution in [0.25, 0.3) is 0 Å². The highest BCUT2D eigenvalue weighted by Gasteiger charge is 2.35. The van der Waals surface area contributed by atoms with Gasteiger partial charge in [0.05, 0.1) is 0 Å². The molecule has 3 unspecified atom stereocenters. The van der Waals surface area contributed by atoms with Crippen molar-refractivity contribution in [1.29, 1.82) is 0 Å². The lowest BCUT2D eigenvalue weighted by Gasteiger charge is -2.38. The lowest BCUT2D eigenvalue weighted by Crippen LogP contribution is -2.38. The molecule has 37 heavy (non-hydrogen) atoms. The summed E-state index contributed by atoms with van der Waals surface area (Å²) in [5.41, 5.74) is 3.41. The average Bonchev–Trinajstić information content (AvgIpc) is 2.82. The van der Waals surface area contributed by atoms with Crippen molar-refractivity contribution in [3.8, 4) is 11.5 Å². The lowest BCUT2D eigenvalue weighted by atomic mass is 9.83. The number of fused-ring (bicyclic) bond motifs is 1. The molecule has 0 saturated heterocycles. The fourth-order valence-electron chi connectivity index (χ4n) is 5.68. The molecule has 0 spiro atoms. The Morgan fingerprint density at radius 1 is 0.946 bits per heavy atom. The highest BCUT2D eigenvalue weighted by molar-refractivity contribution is 5.72. The first-order chi connectivity index (χ1) is 17.3. The van der Waals surface area contributed by atoms with Gasteiger partial charge >= 0.3 is 5.97 Å². The number of phenols is 1. The standard InChI is InChI=1S/C32H55NO4/c1-21(2)12-9-13-22(3)14-10-15-23(4)16-11-18-32(8)19-17-27-28(20-33-26(7)31(35)36)29(34)24(5)25(6)30(27)37-32/h21-23,26,33-34H,9-20H2,1-8H3,(H,35,36)/t22?,23?,26-,32?/m0/s1. The number of aliphatic carboxylic acids is 1. The number of aromatic hydroxyl groups is 1. The number of benzene rings is 1. The van der Waals surface area contributed by atoms with Crippen molar-refractivity contribution in [2.24, 2.45) is 17.8 Å². The highest BCUT2D eigenvalue weighted by Crippen LogP contribution is 2.45. The van der Waals surface area contributed by atoms with Gasteiger partial charge in [0.15, 0.2) is 0 Å². The largest absolute Gasteiger partial charge is 0.507 e. The van der Waals surface area contributed by atoms with Crippen molar-refractivity contribution in [2.75, 3.05) is 0 Å². The quantitative estimate of drug-likeness (QED) is 0.206. The number of carboxylic acids is 1. The van der Waals surface area contributed by atoms with Gasteiger partial charge in [-0.15, -0.1) is 0 Å². The van der Waals surface area contributed by atoms with Crippen LogP contribution in [0.2, 0.25) is 0 Å². The van der Waals surface area contributed by atoms with Crippen molar-refractivity contribution < 1.29 is 19.7 Å². The number of hydrogen-bond donors (Lipinski definition) is 3. The van der Waals surface area contributed by atoms with Crippen LogP contribution in [0.5, 0.6) is 11.5 Å². The second-order valence-electron chi connectivity index (χ2n) is 12.7. The summed E-state index contributed by atoms with van der Waals surface area (Å²) in [5.74, 6) is 2.67. The SMILES string of the molecule is Cc1c(C)c2c(c(CN[C@@H](C)C(=O)O)c1O)CCC(C)(CCCC(C)CCCC(C)CCCC(C)C)O2. The topological polar surface area (TPSA) is 78.8 Å². The second kappa shape index (κ2) is 14.4. The Balaban J connectivity index is 1.88. The van der Waals surface area contributed by atoms with E-state index in [2.05, 4.69) is 39.9 Å². The highest BCUT2D eigenvalue weighted by atomic mass is 16.5. The Hall–Kier alpha value is -1.75. The molecule has 0 saturated carbocycles. The minimum absolute atomic E-state index is 0.203. The van der Waals surface area contributed by atoms with E-state index in [4.69, 9.17) is 4.74 Å². The summed E-state index contributed by atoms with van der Waals surface area (Å²) < 4.78 is 6.67. The monoisotopic (exact) mass is 517 g/mol. The molecule has 0 fully saturated rings. The zero-order chi connectivity index (χ0) is 27.8. The maximum Gasteiger partial charge on any atom is 0.320 e. The van der Waals surface area contributed by atoms with E-state index in [1.165, 1.54) is 44.9 Å². The minimum Gasteiger partial charge on any atom is -0.507 e. The molecule has 1 aliphatic heterocycles. The van der Waals surface area contributed by atoms with E-state index in [-0.39, 0.29) is 11.4 Å². The Morgan fingerprint density at radius 3 is 2.08 bits per heavy atom. The summed E-state index contributed by atoms with van der Waals surface area (Å²) in [7, 11) is 0. The van der Waals surface area contributed by atoms with Crippen LogP contribution in [-0.4, -0.2) is 27.8 Å². The van der Waals surface area contributed by atoms with E-state index in [1.807, 2.05) is 13.8 Å². The molecule has 1 heterocycles. The van der Waals surface area contributed by atoms with Crippen molar-refractivity contribution >= 4 is 5.97 Å². The molecule has 1 aromatic carbocycles. The first-order valence-corrected chi connectivity index (χ1v) is 14.8. The predicted molar refractivity (Wildman–Crippen MR) is 154 cm³/mol. The van der Waals surface area contributed by atoms with E-state index < -0.39 is 12.0 Å². The van der Waals surface area contributed by atoms with E-state index >= 15 is 0 Å². The van der Waals surface area contributed by atoms with Gasteiger partial charge in [-0.25, -0.2) is 0 Å². The van der Waals surface area contributed by atoms with E-state index in [1.54, 1.807) is 6.92 Å². The Kier molecular flexibility index (Phi) is 12.3. The molecule has 212 valence electrons. The third-order valence-corrected chi connectivity index (χ3v) is 8.67. The maximum absolute atomic E-state index is 11.2. The number of carbonyl (C=O) groups is 1. The van der Waals surface area contributed by atoms with Crippen molar-refractivity contribution in [3.05, 3.63) is 22.3 Å². The fourth-order valence-corrected chi connectivity index (χ4v) is 5.68. The zero-order valence-corrected chi connectivity index (χ0v) is 25.0. The number of rotatable bonds is 16. The third-order valence-electron chi connectivity index (χ3n) is 8.67. The maximum atomic E-state index is 11.2. The Morgan fingerprint density at radius 2 is 1.51 bits per heavy atom. The minimum atomic E-state index is -0.897. The number of carboxylic acid groups (broad SMARTS) is 1. The first-order valence-electron chi connectivity index (χ1n) is 14.8. The summed E-state index contributed by atoms with van der Waals surface area (Å²) in [4.78, 5) is 11.2. The van der Waals surface area contributed by atoms with Crippen molar-refractivity contribution in [2.45, 2.75) is 144 Å². The van der Waals surface area contributed by atoms with Gasteiger partial charge in [-0.1, -0.05) is 72.6 Å². The van der Waals surface area contributed by atoms with E-state index in [0.717, 1.165) is 71.4 Å². The summed E-state index contributed by atoms with van der Waals surface area (Å²) in [5, 5.41) is 23.1. The van der Waals surface area contributed by atoms with Crippen LogP contribution >= 0.6 is 0 Å². The fraction of sp³-hybridized carbons (Fsp3) is 0.781. The van der Waals surface area contributed by atoms with Gasteiger partial charge in [-0.05, 0) is 82.3 Å². The van der Waals surface area contributed by atoms with Gasteiger partial charge < -0.3 is 20.3 Å². The molecule has 2 rings (SSSR count). The van der Waals surface area contributed by atoms with Crippen LogP contribution in [0.1, 0.15) is 128 Å². The molecule has 5 heteroatoms. The molecule has 3 N–H and O–H groups in total. The molecule has 1 aromatic rings. The molecule has 0 amide bonds. The molecule has 0 aromatic heterocycles. The van der Waals surface area contributed by atoms with E-state index in [0.29, 0.717) is 6.54 Å². The normalized spacial score (nSPS) is 19.8. The Labute approximate surface area is 226 Å². The Bertz CT molecular complexity index is 880. The van der Waals surface area contributed by atoms with Gasteiger partial charge in [0.2, 0.25) is 0 Å². The predicted octanol–water partition coefficient (Wildman–Crippen LogP) is 8.09. The molecule has 0 aliphatic carbocycles. The number of nitrogens with one attached hydrogen (secondary N) is 1. The lowest BCUT2D eigenvalue weighted by molar-refractivity contribution is -0.139. The van der Waals surface area contributed by atoms with Crippen LogP contribution in [0.3, 0.4) is 0 Å². The van der Waals surface area contributed by atoms with Crippen LogP contribution in [-0.2, 0) is 17.8 Å². The van der Waals surface area contributed by atoms with Crippen molar-refractivity contribution in [3.63, 3.8) is 0 Å².